The van der Waals surface area contributed by atoms with Gasteiger partial charge in [-0.05, 0) is 27.1 Å². The van der Waals surface area contributed by atoms with Gasteiger partial charge in [0.25, 0.3) is 5.91 Å². The van der Waals surface area contributed by atoms with Crippen molar-refractivity contribution in [1.82, 2.24) is 15.2 Å². The van der Waals surface area contributed by atoms with Crippen molar-refractivity contribution in [1.29, 1.82) is 0 Å². The lowest BCUT2D eigenvalue weighted by atomic mass is 10.1. The molecule has 1 aromatic rings. The molecule has 0 spiro atoms. The topological polar surface area (TPSA) is 65.5 Å². The number of aliphatic hydroxyl groups excluding tert-OH is 1. The third kappa shape index (κ3) is 5.08. The number of aliphatic hydroxyl groups is 1. The number of aromatic nitrogens is 1. The molecule has 0 aliphatic heterocycles. The lowest BCUT2D eigenvalue weighted by molar-refractivity contribution is 0.0934. The Morgan fingerprint density at radius 3 is 2.95 bits per heavy atom. The Kier molecular flexibility index (Phi) is 6.00. The van der Waals surface area contributed by atoms with Crippen LogP contribution in [0.25, 0.3) is 0 Å². The SMILES string of the molecule is CC(CN(C)C)NC(=O)c1ccncc1C#CCO. The summed E-state index contributed by atoms with van der Waals surface area (Å²) in [5, 5.41) is 11.6. The van der Waals surface area contributed by atoms with Gasteiger partial charge in [-0.3, -0.25) is 9.78 Å². The monoisotopic (exact) mass is 261 g/mol. The summed E-state index contributed by atoms with van der Waals surface area (Å²) in [5.74, 6) is 5.07. The predicted octanol–water partition coefficient (Wildman–Crippen LogP) is 0.105. The number of hydrogen-bond donors (Lipinski definition) is 2. The molecule has 19 heavy (non-hydrogen) atoms. The molecule has 0 bridgehead atoms. The van der Waals surface area contributed by atoms with Crippen molar-refractivity contribution in [3.8, 4) is 11.8 Å². The zero-order valence-electron chi connectivity index (χ0n) is 11.5. The zero-order valence-corrected chi connectivity index (χ0v) is 11.5. The van der Waals surface area contributed by atoms with Crippen LogP contribution < -0.4 is 5.32 Å². The minimum absolute atomic E-state index is 0.0364. The summed E-state index contributed by atoms with van der Waals surface area (Å²) < 4.78 is 0. The van der Waals surface area contributed by atoms with E-state index in [-0.39, 0.29) is 18.6 Å². The normalized spacial score (nSPS) is 11.6. The van der Waals surface area contributed by atoms with Crippen molar-refractivity contribution < 1.29 is 9.90 Å². The third-order valence-electron chi connectivity index (χ3n) is 2.38. The number of likely N-dealkylation sites (N-methyl/N-ethyl adjacent to an activating group) is 1. The summed E-state index contributed by atoms with van der Waals surface area (Å²) >= 11 is 0. The van der Waals surface area contributed by atoms with Gasteiger partial charge in [-0.15, -0.1) is 0 Å². The number of amides is 1. The fraction of sp³-hybridized carbons (Fsp3) is 0.429. The highest BCUT2D eigenvalue weighted by molar-refractivity contribution is 5.96. The highest BCUT2D eigenvalue weighted by atomic mass is 16.2. The molecular formula is C14H19N3O2. The number of carbonyl (C=O) groups is 1. The van der Waals surface area contributed by atoms with Crippen molar-refractivity contribution >= 4 is 5.91 Å². The molecule has 0 saturated heterocycles. The first-order valence-electron chi connectivity index (χ1n) is 6.04. The Bertz CT molecular complexity index is 489. The molecule has 5 heteroatoms. The third-order valence-corrected chi connectivity index (χ3v) is 2.38. The maximum Gasteiger partial charge on any atom is 0.252 e. The average molecular weight is 261 g/mol. The molecule has 102 valence electrons. The first kappa shape index (κ1) is 15.2. The van der Waals surface area contributed by atoms with Crippen LogP contribution in [0.4, 0.5) is 0 Å². The number of pyridine rings is 1. The van der Waals surface area contributed by atoms with E-state index in [4.69, 9.17) is 5.11 Å². The Labute approximate surface area is 113 Å². The maximum absolute atomic E-state index is 12.1. The van der Waals surface area contributed by atoms with E-state index in [9.17, 15) is 4.79 Å². The standard InChI is InChI=1S/C14H19N3O2/c1-11(10-17(2)3)16-14(19)13-6-7-15-9-12(13)5-4-8-18/h6-7,9,11,18H,8,10H2,1-3H3,(H,16,19). The van der Waals surface area contributed by atoms with Crippen LogP contribution in [-0.2, 0) is 0 Å². The van der Waals surface area contributed by atoms with Crippen LogP contribution in [-0.4, -0.2) is 54.2 Å². The van der Waals surface area contributed by atoms with Gasteiger partial charge in [0.2, 0.25) is 0 Å². The predicted molar refractivity (Wildman–Crippen MR) is 73.7 cm³/mol. The van der Waals surface area contributed by atoms with E-state index < -0.39 is 0 Å². The van der Waals surface area contributed by atoms with Crippen LogP contribution >= 0.6 is 0 Å². The van der Waals surface area contributed by atoms with Gasteiger partial charge in [0, 0.05) is 25.0 Å². The van der Waals surface area contributed by atoms with Gasteiger partial charge in [-0.1, -0.05) is 11.8 Å². The highest BCUT2D eigenvalue weighted by Gasteiger charge is 2.13. The van der Waals surface area contributed by atoms with E-state index >= 15 is 0 Å². The molecule has 2 N–H and O–H groups in total. The molecule has 0 radical (unpaired) electrons. The first-order valence-corrected chi connectivity index (χ1v) is 6.04. The maximum atomic E-state index is 12.1. The molecule has 0 aliphatic rings. The van der Waals surface area contributed by atoms with Gasteiger partial charge in [-0.25, -0.2) is 0 Å². The largest absolute Gasteiger partial charge is 0.384 e. The van der Waals surface area contributed by atoms with E-state index in [1.807, 2.05) is 25.9 Å². The number of nitrogens with one attached hydrogen (secondary N) is 1. The minimum Gasteiger partial charge on any atom is -0.384 e. The Hall–Kier alpha value is -1.90. The summed E-state index contributed by atoms with van der Waals surface area (Å²) in [5.41, 5.74) is 0.993. The second kappa shape index (κ2) is 7.52. The number of carbonyl (C=O) groups excluding carboxylic acids is 1. The Morgan fingerprint density at radius 1 is 1.58 bits per heavy atom. The van der Waals surface area contributed by atoms with Crippen molar-refractivity contribution in [2.45, 2.75) is 13.0 Å². The van der Waals surface area contributed by atoms with Gasteiger partial charge in [0.05, 0.1) is 11.1 Å². The fourth-order valence-corrected chi connectivity index (χ4v) is 1.72. The van der Waals surface area contributed by atoms with Gasteiger partial charge in [0.15, 0.2) is 0 Å². The van der Waals surface area contributed by atoms with Crippen LogP contribution in [0.15, 0.2) is 18.5 Å². The lowest BCUT2D eigenvalue weighted by Gasteiger charge is -2.18. The van der Waals surface area contributed by atoms with Gasteiger partial charge in [0.1, 0.15) is 6.61 Å². The molecular weight excluding hydrogens is 242 g/mol. The molecule has 0 fully saturated rings. The first-order chi connectivity index (χ1) is 9.04. The Balaban J connectivity index is 2.82. The highest BCUT2D eigenvalue weighted by Crippen LogP contribution is 2.05. The average Bonchev–Trinajstić information content (AvgIpc) is 2.35. The van der Waals surface area contributed by atoms with Crippen LogP contribution in [0, 0.1) is 11.8 Å². The summed E-state index contributed by atoms with van der Waals surface area (Å²) in [7, 11) is 3.90. The van der Waals surface area contributed by atoms with Gasteiger partial charge < -0.3 is 15.3 Å². The molecule has 0 saturated carbocycles. The second-order valence-electron chi connectivity index (χ2n) is 4.52. The molecule has 0 aromatic carbocycles. The van der Waals surface area contributed by atoms with Crippen LogP contribution in [0.3, 0.4) is 0 Å². The Morgan fingerprint density at radius 2 is 2.32 bits per heavy atom. The second-order valence-corrected chi connectivity index (χ2v) is 4.52. The number of hydrogen-bond acceptors (Lipinski definition) is 4. The molecule has 0 aliphatic carbocycles. The molecule has 1 aromatic heterocycles. The van der Waals surface area contributed by atoms with E-state index in [1.54, 1.807) is 12.3 Å². The molecule has 1 rings (SSSR count). The van der Waals surface area contributed by atoms with Gasteiger partial charge >= 0.3 is 0 Å². The quantitative estimate of drug-likeness (QED) is 0.755. The van der Waals surface area contributed by atoms with Crippen LogP contribution in [0.2, 0.25) is 0 Å². The van der Waals surface area contributed by atoms with E-state index in [1.165, 1.54) is 6.20 Å². The molecule has 5 nitrogen and oxygen atoms in total. The summed E-state index contributed by atoms with van der Waals surface area (Å²) in [6.07, 6.45) is 3.07. The van der Waals surface area contributed by atoms with Crippen molar-refractivity contribution in [2.75, 3.05) is 27.2 Å². The smallest absolute Gasteiger partial charge is 0.252 e. The molecule has 1 atom stereocenters. The van der Waals surface area contributed by atoms with Crippen LogP contribution in [0.1, 0.15) is 22.8 Å². The fourth-order valence-electron chi connectivity index (χ4n) is 1.72. The molecule has 1 unspecified atom stereocenters. The number of nitrogens with zero attached hydrogens (tertiary/aromatic N) is 2. The van der Waals surface area contributed by atoms with Crippen LogP contribution in [0.5, 0.6) is 0 Å². The van der Waals surface area contributed by atoms with Gasteiger partial charge in [-0.2, -0.15) is 0 Å². The minimum atomic E-state index is -0.243. The summed E-state index contributed by atoms with van der Waals surface area (Å²) in [4.78, 5) is 18.1. The summed E-state index contributed by atoms with van der Waals surface area (Å²) in [6, 6.07) is 1.66. The van der Waals surface area contributed by atoms with Crippen molar-refractivity contribution in [2.24, 2.45) is 0 Å². The van der Waals surface area contributed by atoms with Crippen molar-refractivity contribution in [3.05, 3.63) is 29.6 Å². The van der Waals surface area contributed by atoms with E-state index in [2.05, 4.69) is 22.1 Å². The van der Waals surface area contributed by atoms with Crippen molar-refractivity contribution in [3.63, 3.8) is 0 Å². The summed E-state index contributed by atoms with van der Waals surface area (Å²) in [6.45, 7) is 2.46. The zero-order chi connectivity index (χ0) is 14.3. The van der Waals surface area contributed by atoms with E-state index in [0.29, 0.717) is 11.1 Å². The molecule has 1 heterocycles. The molecule has 1 amide bonds. The number of rotatable bonds is 4. The van der Waals surface area contributed by atoms with E-state index in [0.717, 1.165) is 6.54 Å². The lowest BCUT2D eigenvalue weighted by Crippen LogP contribution is -2.39.